The SMILES string of the molecule is OOOSc1ccc([C@@H]2CC(C(F)(F)F)=NN2c2ccc(F)cc2F)cc1. The molecule has 2 aromatic rings. The van der Waals surface area contributed by atoms with E-state index in [1.165, 1.54) is 24.3 Å². The van der Waals surface area contributed by atoms with Gasteiger partial charge in [-0.05, 0) is 29.8 Å². The molecule has 0 amide bonds. The fourth-order valence-electron chi connectivity index (χ4n) is 2.63. The molecule has 0 saturated heterocycles. The second-order valence-electron chi connectivity index (χ2n) is 5.50. The Balaban J connectivity index is 1.95. The second kappa shape index (κ2) is 7.80. The van der Waals surface area contributed by atoms with Crippen LogP contribution in [0.1, 0.15) is 18.0 Å². The average molecular weight is 406 g/mol. The molecule has 0 radical (unpaired) electrons. The third-order valence-electron chi connectivity index (χ3n) is 3.82. The number of rotatable bonds is 5. The van der Waals surface area contributed by atoms with Crippen LogP contribution in [0.4, 0.5) is 27.6 Å². The Morgan fingerprint density at radius 3 is 2.41 bits per heavy atom. The Kier molecular flexibility index (Phi) is 5.65. The van der Waals surface area contributed by atoms with E-state index in [9.17, 15) is 22.0 Å². The van der Waals surface area contributed by atoms with Crippen LogP contribution in [0.2, 0.25) is 0 Å². The van der Waals surface area contributed by atoms with E-state index in [4.69, 9.17) is 5.26 Å². The van der Waals surface area contributed by atoms with Crippen LogP contribution in [0.3, 0.4) is 0 Å². The van der Waals surface area contributed by atoms with E-state index in [2.05, 4.69) is 14.5 Å². The number of benzene rings is 2. The highest BCUT2D eigenvalue weighted by Gasteiger charge is 2.44. The molecule has 5 nitrogen and oxygen atoms in total. The van der Waals surface area contributed by atoms with Crippen LogP contribution in [0.25, 0.3) is 0 Å². The van der Waals surface area contributed by atoms with Crippen molar-refractivity contribution >= 4 is 23.4 Å². The molecular weight excluding hydrogens is 395 g/mol. The van der Waals surface area contributed by atoms with Crippen molar-refractivity contribution in [3.63, 3.8) is 0 Å². The van der Waals surface area contributed by atoms with Crippen LogP contribution in [0, 0.1) is 11.6 Å². The van der Waals surface area contributed by atoms with Crippen LogP contribution in [0.15, 0.2) is 52.5 Å². The molecule has 1 aliphatic rings. The predicted octanol–water partition coefficient (Wildman–Crippen LogP) is 5.26. The lowest BCUT2D eigenvalue weighted by Crippen LogP contribution is -2.21. The third-order valence-corrected chi connectivity index (χ3v) is 4.41. The van der Waals surface area contributed by atoms with Gasteiger partial charge in [0.2, 0.25) is 0 Å². The van der Waals surface area contributed by atoms with E-state index in [0.717, 1.165) is 17.1 Å². The lowest BCUT2D eigenvalue weighted by molar-refractivity contribution is -0.432. The summed E-state index contributed by atoms with van der Waals surface area (Å²) in [6.07, 6.45) is -5.17. The summed E-state index contributed by atoms with van der Waals surface area (Å²) in [6.45, 7) is 0. The number of hydrogen-bond donors (Lipinski definition) is 1. The van der Waals surface area contributed by atoms with Crippen LogP contribution in [0.5, 0.6) is 0 Å². The first kappa shape index (κ1) is 19.5. The van der Waals surface area contributed by atoms with Gasteiger partial charge < -0.3 is 0 Å². The first-order valence-electron chi connectivity index (χ1n) is 7.43. The van der Waals surface area contributed by atoms with Crippen molar-refractivity contribution in [1.82, 2.24) is 0 Å². The maximum Gasteiger partial charge on any atom is 0.431 e. The number of anilines is 1. The standard InChI is InChI=1S/C16H11F5N2O3S/c17-10-3-6-13(12(18)7-10)23-14(8-15(22-23)16(19,20)21)9-1-4-11(5-2-9)27-26-25-24/h1-7,14,24H,8H2/t14-/m0/s1. The molecule has 0 unspecified atom stereocenters. The lowest BCUT2D eigenvalue weighted by atomic mass is 10.0. The molecule has 2 aromatic carbocycles. The van der Waals surface area contributed by atoms with Gasteiger partial charge in [-0.3, -0.25) is 5.01 Å². The molecule has 0 saturated carbocycles. The quantitative estimate of drug-likeness (QED) is 0.318. The number of nitrogens with zero attached hydrogens (tertiary/aromatic N) is 2. The largest absolute Gasteiger partial charge is 0.431 e. The van der Waals surface area contributed by atoms with Crippen molar-refractivity contribution in [1.29, 1.82) is 0 Å². The molecule has 0 spiro atoms. The van der Waals surface area contributed by atoms with Crippen molar-refractivity contribution in [2.24, 2.45) is 5.10 Å². The van der Waals surface area contributed by atoms with E-state index in [0.29, 0.717) is 28.6 Å². The fraction of sp³-hybridized carbons (Fsp3) is 0.188. The fourth-order valence-corrected chi connectivity index (χ4v) is 2.99. The summed E-state index contributed by atoms with van der Waals surface area (Å²) in [5.41, 5.74) is -0.904. The zero-order valence-electron chi connectivity index (χ0n) is 13.3. The molecule has 0 bridgehead atoms. The molecule has 0 fully saturated rings. The van der Waals surface area contributed by atoms with Crippen LogP contribution in [-0.2, 0) is 9.37 Å². The zero-order chi connectivity index (χ0) is 19.6. The summed E-state index contributed by atoms with van der Waals surface area (Å²) in [4.78, 5) is 0.502. The highest BCUT2D eigenvalue weighted by Crippen LogP contribution is 2.40. The molecule has 0 aliphatic carbocycles. The van der Waals surface area contributed by atoms with Gasteiger partial charge in [-0.2, -0.15) is 18.3 Å². The zero-order valence-corrected chi connectivity index (χ0v) is 14.1. The normalized spacial score (nSPS) is 17.3. The number of hydrogen-bond acceptors (Lipinski definition) is 6. The summed E-state index contributed by atoms with van der Waals surface area (Å²) in [5.74, 6) is -1.87. The van der Waals surface area contributed by atoms with E-state index >= 15 is 0 Å². The predicted molar refractivity (Wildman–Crippen MR) is 86.8 cm³/mol. The minimum absolute atomic E-state index is 0.267. The summed E-state index contributed by atoms with van der Waals surface area (Å²) >= 11 is 0.682. The third kappa shape index (κ3) is 4.38. The topological polar surface area (TPSA) is 54.3 Å². The van der Waals surface area contributed by atoms with Crippen LogP contribution < -0.4 is 5.01 Å². The molecule has 1 atom stereocenters. The van der Waals surface area contributed by atoms with E-state index in [1.54, 1.807) is 0 Å². The monoisotopic (exact) mass is 406 g/mol. The minimum atomic E-state index is -4.67. The molecule has 11 heteroatoms. The Bertz CT molecular complexity index is 845. The van der Waals surface area contributed by atoms with Gasteiger partial charge in [-0.15, -0.1) is 4.33 Å². The highest BCUT2D eigenvalue weighted by atomic mass is 32.2. The highest BCUT2D eigenvalue weighted by molar-refractivity contribution is 7.94. The first-order chi connectivity index (χ1) is 12.8. The van der Waals surface area contributed by atoms with Crippen LogP contribution in [-0.4, -0.2) is 17.1 Å². The Morgan fingerprint density at radius 1 is 1.11 bits per heavy atom. The lowest BCUT2D eigenvalue weighted by Gasteiger charge is -2.24. The van der Waals surface area contributed by atoms with Crippen molar-refractivity contribution in [3.05, 3.63) is 59.7 Å². The summed E-state index contributed by atoms with van der Waals surface area (Å²) < 4.78 is 71.0. The van der Waals surface area contributed by atoms with Crippen molar-refractivity contribution in [2.45, 2.75) is 23.5 Å². The molecule has 0 aromatic heterocycles. The number of alkyl halides is 3. The van der Waals surface area contributed by atoms with Gasteiger partial charge in [0.05, 0.1) is 23.8 Å². The van der Waals surface area contributed by atoms with Gasteiger partial charge in [0.15, 0.2) is 5.82 Å². The second-order valence-corrected chi connectivity index (χ2v) is 6.27. The number of halogens is 5. The van der Waals surface area contributed by atoms with Crippen molar-refractivity contribution in [2.75, 3.05) is 5.01 Å². The Hall–Kier alpha value is -2.21. The number of hydrazone groups is 1. The summed E-state index contributed by atoms with van der Waals surface area (Å²) in [5, 5.41) is 16.0. The summed E-state index contributed by atoms with van der Waals surface area (Å²) in [6, 6.07) is 7.69. The van der Waals surface area contributed by atoms with Gasteiger partial charge in [-0.25, -0.2) is 14.0 Å². The van der Waals surface area contributed by atoms with Crippen molar-refractivity contribution in [3.8, 4) is 0 Å². The van der Waals surface area contributed by atoms with E-state index in [1.807, 2.05) is 0 Å². The molecular formula is C16H11F5N2O3S. The van der Waals surface area contributed by atoms with Gasteiger partial charge >= 0.3 is 6.18 Å². The maximum atomic E-state index is 14.1. The van der Waals surface area contributed by atoms with E-state index < -0.39 is 36.0 Å². The van der Waals surface area contributed by atoms with Crippen LogP contribution >= 0.6 is 12.0 Å². The Morgan fingerprint density at radius 2 is 1.81 bits per heavy atom. The van der Waals surface area contributed by atoms with E-state index in [-0.39, 0.29) is 5.69 Å². The summed E-state index contributed by atoms with van der Waals surface area (Å²) in [7, 11) is 0. The Labute approximate surface area is 154 Å². The molecule has 27 heavy (non-hydrogen) atoms. The van der Waals surface area contributed by atoms with Crippen molar-refractivity contribution < 1.29 is 36.6 Å². The van der Waals surface area contributed by atoms with Gasteiger partial charge in [0, 0.05) is 17.4 Å². The molecule has 1 N–H and O–H groups in total. The minimum Gasteiger partial charge on any atom is -0.254 e. The molecule has 1 heterocycles. The maximum absolute atomic E-state index is 14.1. The molecule has 3 rings (SSSR count). The average Bonchev–Trinajstić information content (AvgIpc) is 3.06. The molecule has 144 valence electrons. The van der Waals surface area contributed by atoms with Gasteiger partial charge in [-0.1, -0.05) is 17.2 Å². The van der Waals surface area contributed by atoms with Gasteiger partial charge in [0.1, 0.15) is 11.5 Å². The van der Waals surface area contributed by atoms with Gasteiger partial charge in [0.25, 0.3) is 0 Å². The molecule has 1 aliphatic heterocycles. The first-order valence-corrected chi connectivity index (χ1v) is 8.17. The smallest absolute Gasteiger partial charge is 0.254 e.